The molecule has 2 aromatic rings. The average molecular weight is 328 g/mol. The second-order valence-electron chi connectivity index (χ2n) is 6.61. The highest BCUT2D eigenvalue weighted by Crippen LogP contribution is 2.19. The Kier molecular flexibility index (Phi) is 5.48. The summed E-state index contributed by atoms with van der Waals surface area (Å²) in [7, 11) is 0. The van der Waals surface area contributed by atoms with Gasteiger partial charge in [0.1, 0.15) is 5.82 Å². The molecule has 3 nitrogen and oxygen atoms in total. The number of hydrogen-bond acceptors (Lipinski definition) is 3. The van der Waals surface area contributed by atoms with Crippen LogP contribution in [0.1, 0.15) is 18.1 Å². The van der Waals surface area contributed by atoms with Gasteiger partial charge in [-0.05, 0) is 48.7 Å². The van der Waals surface area contributed by atoms with E-state index in [0.717, 1.165) is 44.7 Å². The highest BCUT2D eigenvalue weighted by atomic mass is 19.1. The number of anilines is 1. The van der Waals surface area contributed by atoms with Crippen LogP contribution in [0.2, 0.25) is 0 Å². The van der Waals surface area contributed by atoms with E-state index < -0.39 is 0 Å². The number of aliphatic hydroxyl groups is 1. The third-order valence-electron chi connectivity index (χ3n) is 4.52. The summed E-state index contributed by atoms with van der Waals surface area (Å²) in [6.45, 7) is 6.55. The minimum absolute atomic E-state index is 0.191. The van der Waals surface area contributed by atoms with Crippen LogP contribution in [0, 0.1) is 5.82 Å². The quantitative estimate of drug-likeness (QED) is 0.914. The lowest BCUT2D eigenvalue weighted by Gasteiger charge is -2.36. The number of rotatable bonds is 5. The van der Waals surface area contributed by atoms with Crippen LogP contribution in [0.5, 0.6) is 0 Å². The molecule has 1 aliphatic heterocycles. The Labute approximate surface area is 143 Å². The van der Waals surface area contributed by atoms with E-state index in [1.165, 1.54) is 23.4 Å². The van der Waals surface area contributed by atoms with Gasteiger partial charge in [-0.15, -0.1) is 0 Å². The topological polar surface area (TPSA) is 26.7 Å². The molecule has 24 heavy (non-hydrogen) atoms. The molecule has 1 N–H and O–H groups in total. The maximum Gasteiger partial charge on any atom is 0.123 e. The standard InChI is InChI=1S/C20H25FN2O/c1-16(24)15-22-10-12-23(13-11-22)20-8-4-18(5-9-20)14-17-2-6-19(21)7-3-17/h2-9,16,24H,10-15H2,1H3. The van der Waals surface area contributed by atoms with Gasteiger partial charge in [0.2, 0.25) is 0 Å². The molecule has 0 radical (unpaired) electrons. The molecule has 3 rings (SSSR count). The number of β-amino-alcohol motifs (C(OH)–C–C–N with tert-alkyl or cyclic N) is 1. The summed E-state index contributed by atoms with van der Waals surface area (Å²) in [4.78, 5) is 4.70. The fourth-order valence-corrected chi connectivity index (χ4v) is 3.22. The van der Waals surface area contributed by atoms with E-state index in [1.54, 1.807) is 0 Å². The smallest absolute Gasteiger partial charge is 0.123 e. The van der Waals surface area contributed by atoms with E-state index in [9.17, 15) is 9.50 Å². The minimum atomic E-state index is -0.262. The molecule has 1 heterocycles. The molecule has 1 fully saturated rings. The van der Waals surface area contributed by atoms with Gasteiger partial charge in [-0.25, -0.2) is 4.39 Å². The highest BCUT2D eigenvalue weighted by molar-refractivity contribution is 5.48. The van der Waals surface area contributed by atoms with Crippen LogP contribution in [-0.4, -0.2) is 48.8 Å². The first-order valence-electron chi connectivity index (χ1n) is 8.59. The van der Waals surface area contributed by atoms with Crippen molar-refractivity contribution in [3.63, 3.8) is 0 Å². The van der Waals surface area contributed by atoms with Crippen LogP contribution in [0.25, 0.3) is 0 Å². The SMILES string of the molecule is CC(O)CN1CCN(c2ccc(Cc3ccc(F)cc3)cc2)CC1. The van der Waals surface area contributed by atoms with E-state index in [-0.39, 0.29) is 11.9 Å². The molecule has 0 amide bonds. The molecule has 0 saturated carbocycles. The van der Waals surface area contributed by atoms with E-state index in [2.05, 4.69) is 34.1 Å². The Hall–Kier alpha value is -1.91. The third kappa shape index (κ3) is 4.56. The maximum atomic E-state index is 13.0. The molecule has 1 atom stereocenters. The zero-order chi connectivity index (χ0) is 16.9. The van der Waals surface area contributed by atoms with Gasteiger partial charge < -0.3 is 10.0 Å². The van der Waals surface area contributed by atoms with Crippen molar-refractivity contribution in [2.45, 2.75) is 19.4 Å². The largest absolute Gasteiger partial charge is 0.392 e. The van der Waals surface area contributed by atoms with Crippen LogP contribution in [0.15, 0.2) is 48.5 Å². The fourth-order valence-electron chi connectivity index (χ4n) is 3.22. The summed E-state index contributed by atoms with van der Waals surface area (Å²) < 4.78 is 13.0. The Morgan fingerprint density at radius 1 is 0.917 bits per heavy atom. The summed E-state index contributed by atoms with van der Waals surface area (Å²) in [5, 5.41) is 9.48. The highest BCUT2D eigenvalue weighted by Gasteiger charge is 2.18. The monoisotopic (exact) mass is 328 g/mol. The second-order valence-corrected chi connectivity index (χ2v) is 6.61. The van der Waals surface area contributed by atoms with E-state index >= 15 is 0 Å². The Bertz CT molecular complexity index is 632. The Balaban J connectivity index is 1.56. The average Bonchev–Trinajstić information content (AvgIpc) is 2.58. The van der Waals surface area contributed by atoms with Gasteiger partial charge in [0, 0.05) is 38.4 Å². The van der Waals surface area contributed by atoms with Crippen molar-refractivity contribution in [3.8, 4) is 0 Å². The molecular formula is C20H25FN2O. The van der Waals surface area contributed by atoms with Crippen molar-refractivity contribution in [2.75, 3.05) is 37.6 Å². The number of benzene rings is 2. The van der Waals surface area contributed by atoms with E-state index in [4.69, 9.17) is 0 Å². The zero-order valence-electron chi connectivity index (χ0n) is 14.2. The molecule has 1 saturated heterocycles. The lowest BCUT2D eigenvalue weighted by atomic mass is 10.0. The van der Waals surface area contributed by atoms with Gasteiger partial charge in [0.05, 0.1) is 6.10 Å². The number of hydrogen-bond donors (Lipinski definition) is 1. The van der Waals surface area contributed by atoms with Crippen molar-refractivity contribution in [1.29, 1.82) is 0 Å². The van der Waals surface area contributed by atoms with Gasteiger partial charge in [-0.3, -0.25) is 4.90 Å². The van der Waals surface area contributed by atoms with Crippen molar-refractivity contribution < 1.29 is 9.50 Å². The molecule has 0 spiro atoms. The number of nitrogens with zero attached hydrogens (tertiary/aromatic N) is 2. The van der Waals surface area contributed by atoms with Gasteiger partial charge in [-0.1, -0.05) is 24.3 Å². The first-order chi connectivity index (χ1) is 11.6. The normalized spacial score (nSPS) is 17.0. The van der Waals surface area contributed by atoms with Gasteiger partial charge in [0.15, 0.2) is 0 Å². The van der Waals surface area contributed by atoms with Crippen LogP contribution in [-0.2, 0) is 6.42 Å². The van der Waals surface area contributed by atoms with Crippen molar-refractivity contribution in [1.82, 2.24) is 4.90 Å². The molecule has 1 aliphatic rings. The molecule has 2 aromatic carbocycles. The molecular weight excluding hydrogens is 303 g/mol. The van der Waals surface area contributed by atoms with Crippen LogP contribution in [0.4, 0.5) is 10.1 Å². The molecule has 128 valence electrons. The number of aliphatic hydroxyl groups excluding tert-OH is 1. The first-order valence-corrected chi connectivity index (χ1v) is 8.59. The first kappa shape index (κ1) is 16.9. The summed E-state index contributed by atoms with van der Waals surface area (Å²) in [5.74, 6) is -0.191. The predicted molar refractivity (Wildman–Crippen MR) is 96.0 cm³/mol. The molecule has 4 heteroatoms. The van der Waals surface area contributed by atoms with Gasteiger partial charge in [-0.2, -0.15) is 0 Å². The van der Waals surface area contributed by atoms with E-state index in [0.29, 0.717) is 0 Å². The Morgan fingerprint density at radius 2 is 1.46 bits per heavy atom. The lowest BCUT2D eigenvalue weighted by Crippen LogP contribution is -2.48. The van der Waals surface area contributed by atoms with Crippen molar-refractivity contribution in [3.05, 3.63) is 65.5 Å². The Morgan fingerprint density at radius 3 is 2.00 bits per heavy atom. The maximum absolute atomic E-state index is 13.0. The molecule has 0 bridgehead atoms. The molecule has 0 aromatic heterocycles. The van der Waals surface area contributed by atoms with Crippen molar-refractivity contribution in [2.24, 2.45) is 0 Å². The summed E-state index contributed by atoms with van der Waals surface area (Å²) >= 11 is 0. The van der Waals surface area contributed by atoms with Crippen LogP contribution < -0.4 is 4.90 Å². The summed E-state index contributed by atoms with van der Waals surface area (Å²) in [5.41, 5.74) is 3.60. The summed E-state index contributed by atoms with van der Waals surface area (Å²) in [6.07, 6.45) is 0.560. The number of halogens is 1. The molecule has 0 aliphatic carbocycles. The van der Waals surface area contributed by atoms with Gasteiger partial charge in [0.25, 0.3) is 0 Å². The van der Waals surface area contributed by atoms with E-state index in [1.807, 2.05) is 19.1 Å². The van der Waals surface area contributed by atoms with Crippen LogP contribution in [0.3, 0.4) is 0 Å². The van der Waals surface area contributed by atoms with Gasteiger partial charge >= 0.3 is 0 Å². The lowest BCUT2D eigenvalue weighted by molar-refractivity contribution is 0.123. The van der Waals surface area contributed by atoms with Crippen LogP contribution >= 0.6 is 0 Å². The zero-order valence-corrected chi connectivity index (χ0v) is 14.2. The second kappa shape index (κ2) is 7.77. The fraction of sp³-hybridized carbons (Fsp3) is 0.400. The minimum Gasteiger partial charge on any atom is -0.392 e. The third-order valence-corrected chi connectivity index (χ3v) is 4.52. The molecule has 1 unspecified atom stereocenters. The number of piperazine rings is 1. The summed E-state index contributed by atoms with van der Waals surface area (Å²) in [6, 6.07) is 15.3. The van der Waals surface area contributed by atoms with Crippen molar-refractivity contribution >= 4 is 5.69 Å². The predicted octanol–water partition coefficient (Wildman–Crippen LogP) is 2.92.